The molecule has 0 aliphatic rings. The molecule has 0 saturated carbocycles. The molecule has 2 rings (SSSR count). The average Bonchev–Trinajstić information content (AvgIpc) is 3.00. The van der Waals surface area contributed by atoms with E-state index in [9.17, 15) is 0 Å². The second-order valence-electron chi connectivity index (χ2n) is 6.67. The molecular formula is C20H33N3O. The van der Waals surface area contributed by atoms with Crippen LogP contribution >= 0.6 is 0 Å². The Kier molecular flexibility index (Phi) is 8.10. The molecule has 1 atom stereocenters. The molecule has 0 aliphatic heterocycles. The van der Waals surface area contributed by atoms with Gasteiger partial charge < -0.3 is 9.64 Å². The van der Waals surface area contributed by atoms with E-state index in [4.69, 9.17) is 4.74 Å². The molecule has 0 fully saturated rings. The van der Waals surface area contributed by atoms with Crippen molar-refractivity contribution in [2.45, 2.75) is 64.8 Å². The highest BCUT2D eigenvalue weighted by molar-refractivity contribution is 5.48. The number of unbranched alkanes of at least 4 members (excludes halogenated alkanes) is 2. The van der Waals surface area contributed by atoms with Gasteiger partial charge in [0.1, 0.15) is 0 Å². The predicted molar refractivity (Wildman–Crippen MR) is 101 cm³/mol. The Balaban J connectivity index is 1.66. The molecule has 0 radical (unpaired) electrons. The summed E-state index contributed by atoms with van der Waals surface area (Å²) >= 11 is 0. The number of pyridine rings is 1. The minimum atomic E-state index is 0.723. The first-order valence-electron chi connectivity index (χ1n) is 9.52. The number of rotatable bonds is 12. The van der Waals surface area contributed by atoms with Gasteiger partial charge >= 0.3 is 0 Å². The summed E-state index contributed by atoms with van der Waals surface area (Å²) in [5.41, 5.74) is 1.07. The van der Waals surface area contributed by atoms with Crippen LogP contribution in [0.1, 0.15) is 58.8 Å². The highest BCUT2D eigenvalue weighted by Crippen LogP contribution is 2.15. The lowest BCUT2D eigenvalue weighted by Crippen LogP contribution is -2.32. The second-order valence-corrected chi connectivity index (χ2v) is 6.67. The molecule has 4 nitrogen and oxygen atoms in total. The lowest BCUT2D eigenvalue weighted by Gasteiger charge is -2.28. The van der Waals surface area contributed by atoms with Crippen molar-refractivity contribution in [2.75, 3.05) is 20.2 Å². The van der Waals surface area contributed by atoms with Crippen LogP contribution in [-0.4, -0.2) is 40.8 Å². The maximum atomic E-state index is 5.80. The lowest BCUT2D eigenvalue weighted by atomic mass is 10.0. The zero-order chi connectivity index (χ0) is 17.2. The first-order valence-corrected chi connectivity index (χ1v) is 9.52. The van der Waals surface area contributed by atoms with E-state index in [0.29, 0.717) is 0 Å². The predicted octanol–water partition coefficient (Wildman–Crippen LogP) is 4.78. The molecule has 0 saturated heterocycles. The smallest absolute Gasteiger partial charge is 0.233 e. The van der Waals surface area contributed by atoms with Crippen molar-refractivity contribution < 1.29 is 4.74 Å². The number of nitrogens with zero attached hydrogens (tertiary/aromatic N) is 3. The summed E-state index contributed by atoms with van der Waals surface area (Å²) in [6.07, 6.45) is 10.7. The molecule has 2 aromatic heterocycles. The Hall–Kier alpha value is -1.55. The first kappa shape index (κ1) is 18.8. The molecular weight excluding hydrogens is 298 g/mol. The summed E-state index contributed by atoms with van der Waals surface area (Å²) in [5, 5.41) is 4.42. The monoisotopic (exact) mass is 331 g/mol. The van der Waals surface area contributed by atoms with E-state index in [1.165, 1.54) is 38.5 Å². The van der Waals surface area contributed by atoms with Gasteiger partial charge in [-0.25, -0.2) is 4.52 Å². The second kappa shape index (κ2) is 10.3. The zero-order valence-corrected chi connectivity index (χ0v) is 15.6. The van der Waals surface area contributed by atoms with Gasteiger partial charge in [-0.1, -0.05) is 39.2 Å². The number of hydrogen-bond acceptors (Lipinski definition) is 3. The van der Waals surface area contributed by atoms with E-state index in [1.54, 1.807) is 0 Å². The number of ether oxygens (including phenoxy) is 1. The van der Waals surface area contributed by atoms with Crippen molar-refractivity contribution in [2.24, 2.45) is 0 Å². The molecule has 0 amide bonds. The van der Waals surface area contributed by atoms with E-state index in [0.717, 1.165) is 37.0 Å². The molecule has 0 bridgehead atoms. The summed E-state index contributed by atoms with van der Waals surface area (Å²) < 4.78 is 7.65. The Morgan fingerprint density at radius 3 is 2.75 bits per heavy atom. The van der Waals surface area contributed by atoms with Crippen LogP contribution in [0, 0.1) is 0 Å². The van der Waals surface area contributed by atoms with E-state index >= 15 is 0 Å². The van der Waals surface area contributed by atoms with Crippen LogP contribution in [0.5, 0.6) is 5.88 Å². The summed E-state index contributed by atoms with van der Waals surface area (Å²) in [4.78, 5) is 2.55. The Labute approximate surface area is 146 Å². The van der Waals surface area contributed by atoms with E-state index in [1.807, 2.05) is 35.0 Å². The minimum Gasteiger partial charge on any atom is -0.477 e. The van der Waals surface area contributed by atoms with Gasteiger partial charge in [-0.3, -0.25) is 0 Å². The fourth-order valence-electron chi connectivity index (χ4n) is 3.17. The molecule has 0 N–H and O–H groups in total. The van der Waals surface area contributed by atoms with E-state index in [2.05, 4.69) is 30.9 Å². The van der Waals surface area contributed by atoms with Crippen molar-refractivity contribution in [1.82, 2.24) is 14.5 Å². The van der Waals surface area contributed by atoms with Crippen LogP contribution in [-0.2, 0) is 0 Å². The third-order valence-electron chi connectivity index (χ3n) is 4.64. The van der Waals surface area contributed by atoms with Gasteiger partial charge in [-0.2, -0.15) is 0 Å². The molecule has 0 aliphatic carbocycles. The maximum absolute atomic E-state index is 5.80. The third kappa shape index (κ3) is 5.82. The Morgan fingerprint density at radius 1 is 1.12 bits per heavy atom. The van der Waals surface area contributed by atoms with Crippen molar-refractivity contribution >= 4 is 5.52 Å². The zero-order valence-electron chi connectivity index (χ0n) is 15.6. The first-order chi connectivity index (χ1) is 11.7. The van der Waals surface area contributed by atoms with Gasteiger partial charge in [0.15, 0.2) is 0 Å². The molecule has 0 spiro atoms. The number of hydrogen-bond donors (Lipinski definition) is 0. The highest BCUT2D eigenvalue weighted by Gasteiger charge is 2.12. The van der Waals surface area contributed by atoms with Crippen LogP contribution in [0.15, 0.2) is 30.5 Å². The summed E-state index contributed by atoms with van der Waals surface area (Å²) in [6, 6.07) is 8.77. The Morgan fingerprint density at radius 2 is 2.00 bits per heavy atom. The van der Waals surface area contributed by atoms with E-state index in [-0.39, 0.29) is 0 Å². The molecule has 0 aromatic carbocycles. The van der Waals surface area contributed by atoms with Gasteiger partial charge in [-0.15, -0.1) is 5.10 Å². The SMILES string of the molecule is CCCCC(CCC)N(C)CCCCOc1cc2ccccn2n1. The molecule has 2 heterocycles. The molecule has 2 aromatic rings. The van der Waals surface area contributed by atoms with Crippen LogP contribution < -0.4 is 4.74 Å². The summed E-state index contributed by atoms with van der Waals surface area (Å²) in [5.74, 6) is 0.723. The largest absolute Gasteiger partial charge is 0.477 e. The van der Waals surface area contributed by atoms with Crippen molar-refractivity contribution in [3.8, 4) is 5.88 Å². The fraction of sp³-hybridized carbons (Fsp3) is 0.650. The lowest BCUT2D eigenvalue weighted by molar-refractivity contribution is 0.202. The molecule has 4 heteroatoms. The quantitative estimate of drug-likeness (QED) is 0.524. The van der Waals surface area contributed by atoms with E-state index < -0.39 is 0 Å². The number of aromatic nitrogens is 2. The van der Waals surface area contributed by atoms with Crippen LogP contribution in [0.2, 0.25) is 0 Å². The molecule has 1 unspecified atom stereocenters. The van der Waals surface area contributed by atoms with Crippen molar-refractivity contribution in [1.29, 1.82) is 0 Å². The summed E-state index contributed by atoms with van der Waals surface area (Å²) in [7, 11) is 2.28. The van der Waals surface area contributed by atoms with Gasteiger partial charge in [0, 0.05) is 18.3 Å². The third-order valence-corrected chi connectivity index (χ3v) is 4.64. The van der Waals surface area contributed by atoms with Crippen LogP contribution in [0.25, 0.3) is 5.52 Å². The normalized spacial score (nSPS) is 12.8. The Bertz CT molecular complexity index is 548. The summed E-state index contributed by atoms with van der Waals surface area (Å²) in [6.45, 7) is 6.46. The van der Waals surface area contributed by atoms with Crippen LogP contribution in [0.3, 0.4) is 0 Å². The topological polar surface area (TPSA) is 29.8 Å². The van der Waals surface area contributed by atoms with Gasteiger partial charge in [0.2, 0.25) is 5.88 Å². The fourth-order valence-corrected chi connectivity index (χ4v) is 3.17. The minimum absolute atomic E-state index is 0.723. The maximum Gasteiger partial charge on any atom is 0.233 e. The molecule has 24 heavy (non-hydrogen) atoms. The van der Waals surface area contributed by atoms with Gasteiger partial charge in [-0.05, 0) is 51.4 Å². The van der Waals surface area contributed by atoms with Gasteiger partial charge in [0.05, 0.1) is 12.1 Å². The van der Waals surface area contributed by atoms with Crippen LogP contribution in [0.4, 0.5) is 0 Å². The standard InChI is InChI=1S/C20H33N3O/c1-4-6-12-18(11-5-2)22(3)14-9-10-16-24-20-17-19-13-7-8-15-23(19)21-20/h7-8,13,15,17-18H,4-6,9-12,14,16H2,1-3H3. The van der Waals surface area contributed by atoms with Crippen molar-refractivity contribution in [3.63, 3.8) is 0 Å². The highest BCUT2D eigenvalue weighted by atomic mass is 16.5. The average molecular weight is 332 g/mol. The number of fused-ring (bicyclic) bond motifs is 1. The van der Waals surface area contributed by atoms with Gasteiger partial charge in [0.25, 0.3) is 0 Å². The van der Waals surface area contributed by atoms with Crippen molar-refractivity contribution in [3.05, 3.63) is 30.5 Å². The molecule has 134 valence electrons.